The number of nitrogens with one attached hydrogen (secondary N) is 1. The summed E-state index contributed by atoms with van der Waals surface area (Å²) in [4.78, 5) is 39.7. The quantitative estimate of drug-likeness (QED) is 0.433. The average molecular weight is 250 g/mol. The van der Waals surface area contributed by atoms with Crippen LogP contribution in [0.4, 0.5) is 0 Å². The van der Waals surface area contributed by atoms with E-state index in [-0.39, 0.29) is 11.8 Å². The standard InChI is InChI=1S/C4H2Cl2O2.C4H3NO2/c5-3(7)1-2-4(6)8;6-3-1-2-4(7)5-3/h1-2H;1-2H,(H,5,6,7)/b2-1+;. The molecule has 1 heterocycles. The molecule has 0 saturated carbocycles. The van der Waals surface area contributed by atoms with Crippen LogP contribution in [0.5, 0.6) is 0 Å². The third-order valence-electron chi connectivity index (χ3n) is 0.978. The summed E-state index contributed by atoms with van der Waals surface area (Å²) >= 11 is 9.57. The Kier molecular flexibility index (Phi) is 6.24. The molecule has 0 radical (unpaired) electrons. The van der Waals surface area contributed by atoms with Crippen molar-refractivity contribution in [1.29, 1.82) is 0 Å². The number of halogens is 2. The van der Waals surface area contributed by atoms with Gasteiger partial charge in [0.25, 0.3) is 11.8 Å². The molecule has 0 saturated heterocycles. The lowest BCUT2D eigenvalue weighted by Crippen LogP contribution is -2.19. The summed E-state index contributed by atoms with van der Waals surface area (Å²) < 4.78 is 0. The molecule has 5 nitrogen and oxygen atoms in total. The highest BCUT2D eigenvalue weighted by atomic mass is 35.5. The van der Waals surface area contributed by atoms with E-state index >= 15 is 0 Å². The first-order valence-electron chi connectivity index (χ1n) is 3.52. The Labute approximate surface area is 94.7 Å². The number of hydrogen-bond donors (Lipinski definition) is 1. The molecule has 0 unspecified atom stereocenters. The molecule has 2 amide bonds. The Balaban J connectivity index is 0.000000262. The lowest BCUT2D eigenvalue weighted by molar-refractivity contribution is -0.123. The molecule has 15 heavy (non-hydrogen) atoms. The van der Waals surface area contributed by atoms with Crippen LogP contribution in [-0.4, -0.2) is 22.3 Å². The summed E-state index contributed by atoms with van der Waals surface area (Å²) in [5.41, 5.74) is 0. The Morgan fingerprint density at radius 3 is 1.47 bits per heavy atom. The normalized spacial score (nSPS) is 13.5. The van der Waals surface area contributed by atoms with E-state index in [2.05, 4.69) is 0 Å². The second-order valence-corrected chi connectivity index (χ2v) is 2.87. The van der Waals surface area contributed by atoms with Crippen LogP contribution in [-0.2, 0) is 19.2 Å². The number of imide groups is 1. The first-order valence-corrected chi connectivity index (χ1v) is 4.27. The lowest BCUT2D eigenvalue weighted by Gasteiger charge is -1.80. The lowest BCUT2D eigenvalue weighted by atomic mass is 10.6. The van der Waals surface area contributed by atoms with E-state index in [9.17, 15) is 19.2 Å². The summed E-state index contributed by atoms with van der Waals surface area (Å²) in [6.07, 6.45) is 4.17. The molecule has 1 aliphatic heterocycles. The second kappa shape index (κ2) is 6.92. The molecule has 0 spiro atoms. The van der Waals surface area contributed by atoms with Crippen LogP contribution in [0.3, 0.4) is 0 Å². The third-order valence-corrected chi connectivity index (χ3v) is 1.23. The molecule has 0 atom stereocenters. The maximum atomic E-state index is 10.0. The van der Waals surface area contributed by atoms with Gasteiger partial charge in [0.1, 0.15) is 0 Å². The molecular formula is C8H5Cl2NO4. The van der Waals surface area contributed by atoms with Gasteiger partial charge in [0.2, 0.25) is 10.5 Å². The summed E-state index contributed by atoms with van der Waals surface area (Å²) in [6.45, 7) is 0. The van der Waals surface area contributed by atoms with Crippen molar-refractivity contribution in [3.8, 4) is 0 Å². The van der Waals surface area contributed by atoms with Gasteiger partial charge in [-0.05, 0) is 23.2 Å². The minimum atomic E-state index is -0.709. The fraction of sp³-hybridized carbons (Fsp3) is 0. The van der Waals surface area contributed by atoms with Crippen LogP contribution < -0.4 is 5.32 Å². The van der Waals surface area contributed by atoms with Gasteiger partial charge in [-0.3, -0.25) is 24.5 Å². The van der Waals surface area contributed by atoms with E-state index in [4.69, 9.17) is 23.2 Å². The minimum absolute atomic E-state index is 0.329. The van der Waals surface area contributed by atoms with Crippen molar-refractivity contribution in [2.24, 2.45) is 0 Å². The Morgan fingerprint density at radius 2 is 1.33 bits per heavy atom. The van der Waals surface area contributed by atoms with Crippen molar-refractivity contribution < 1.29 is 19.2 Å². The van der Waals surface area contributed by atoms with Gasteiger partial charge >= 0.3 is 0 Å². The van der Waals surface area contributed by atoms with Crippen molar-refractivity contribution in [2.45, 2.75) is 0 Å². The van der Waals surface area contributed by atoms with Gasteiger partial charge in [-0.2, -0.15) is 0 Å². The minimum Gasteiger partial charge on any atom is -0.289 e. The SMILES string of the molecule is O=C(Cl)/C=C/C(=O)Cl.O=C1C=CC(=O)N1. The van der Waals surface area contributed by atoms with Gasteiger partial charge < -0.3 is 0 Å². The smallest absolute Gasteiger partial charge is 0.250 e. The van der Waals surface area contributed by atoms with E-state index in [0.717, 1.165) is 12.2 Å². The zero-order valence-electron chi connectivity index (χ0n) is 7.20. The molecule has 80 valence electrons. The number of allylic oxidation sites excluding steroid dienone is 2. The van der Waals surface area contributed by atoms with E-state index in [1.807, 2.05) is 5.32 Å². The van der Waals surface area contributed by atoms with Crippen molar-refractivity contribution in [3.63, 3.8) is 0 Å². The molecule has 0 bridgehead atoms. The number of carbonyl (C=O) groups is 4. The van der Waals surface area contributed by atoms with Crippen LogP contribution in [0.1, 0.15) is 0 Å². The first kappa shape index (κ1) is 13.5. The van der Waals surface area contributed by atoms with Gasteiger partial charge in [0.05, 0.1) is 0 Å². The summed E-state index contributed by atoms with van der Waals surface area (Å²) in [7, 11) is 0. The van der Waals surface area contributed by atoms with Crippen LogP contribution in [0.2, 0.25) is 0 Å². The fourth-order valence-corrected chi connectivity index (χ4v) is 0.613. The molecule has 0 aromatic heterocycles. The van der Waals surface area contributed by atoms with Gasteiger partial charge in [-0.1, -0.05) is 0 Å². The highest BCUT2D eigenvalue weighted by Gasteiger charge is 2.06. The topological polar surface area (TPSA) is 80.3 Å². The molecule has 1 rings (SSSR count). The highest BCUT2D eigenvalue weighted by molar-refractivity contribution is 6.69. The zero-order chi connectivity index (χ0) is 11.8. The van der Waals surface area contributed by atoms with Gasteiger partial charge in [0, 0.05) is 24.3 Å². The van der Waals surface area contributed by atoms with Crippen molar-refractivity contribution in [3.05, 3.63) is 24.3 Å². The van der Waals surface area contributed by atoms with E-state index in [1.165, 1.54) is 12.2 Å². The van der Waals surface area contributed by atoms with Crippen LogP contribution >= 0.6 is 23.2 Å². The number of rotatable bonds is 2. The maximum absolute atomic E-state index is 10.0. The van der Waals surface area contributed by atoms with Gasteiger partial charge in [-0.25, -0.2) is 0 Å². The molecule has 7 heteroatoms. The predicted octanol–water partition coefficient (Wildman–Crippen LogP) is 0.272. The summed E-state index contributed by atoms with van der Waals surface area (Å²) in [5, 5.41) is 0.609. The number of amides is 2. The predicted molar refractivity (Wildman–Crippen MR) is 53.1 cm³/mol. The number of hydrogen-bond acceptors (Lipinski definition) is 4. The van der Waals surface area contributed by atoms with E-state index in [0.29, 0.717) is 0 Å². The van der Waals surface area contributed by atoms with Gasteiger partial charge in [-0.15, -0.1) is 0 Å². The molecule has 0 fully saturated rings. The van der Waals surface area contributed by atoms with Crippen LogP contribution in [0.25, 0.3) is 0 Å². The number of carbonyl (C=O) groups excluding carboxylic acids is 4. The molecule has 0 aliphatic carbocycles. The van der Waals surface area contributed by atoms with Crippen molar-refractivity contribution in [2.75, 3.05) is 0 Å². The maximum Gasteiger partial charge on any atom is 0.250 e. The molecule has 1 N–H and O–H groups in total. The fourth-order valence-electron chi connectivity index (χ4n) is 0.487. The van der Waals surface area contributed by atoms with Gasteiger partial charge in [0.15, 0.2) is 0 Å². The van der Waals surface area contributed by atoms with E-state index in [1.54, 1.807) is 0 Å². The largest absolute Gasteiger partial charge is 0.289 e. The summed E-state index contributed by atoms with van der Waals surface area (Å²) in [6, 6.07) is 0. The first-order chi connectivity index (χ1) is 6.91. The van der Waals surface area contributed by atoms with Crippen molar-refractivity contribution >= 4 is 45.5 Å². The van der Waals surface area contributed by atoms with E-state index < -0.39 is 10.5 Å². The Morgan fingerprint density at radius 1 is 1.00 bits per heavy atom. The van der Waals surface area contributed by atoms with Crippen LogP contribution in [0.15, 0.2) is 24.3 Å². The Bertz CT molecular complexity index is 328. The average Bonchev–Trinajstić information content (AvgIpc) is 2.47. The second-order valence-electron chi connectivity index (χ2n) is 2.13. The highest BCUT2D eigenvalue weighted by Crippen LogP contribution is 1.85. The monoisotopic (exact) mass is 249 g/mol. The van der Waals surface area contributed by atoms with Crippen molar-refractivity contribution in [1.82, 2.24) is 5.32 Å². The van der Waals surface area contributed by atoms with Crippen LogP contribution in [0, 0.1) is 0 Å². The molecule has 0 aromatic rings. The zero-order valence-corrected chi connectivity index (χ0v) is 8.71. The molecule has 0 aromatic carbocycles. The third kappa shape index (κ3) is 8.86. The summed E-state index contributed by atoms with van der Waals surface area (Å²) in [5.74, 6) is -0.657. The molecule has 1 aliphatic rings. The Hall–Kier alpha value is -1.46. The molecular weight excluding hydrogens is 245 g/mol.